The second-order valence-corrected chi connectivity index (χ2v) is 5.35. The smallest absolute Gasteiger partial charge is 0.338 e. The van der Waals surface area contributed by atoms with Crippen LogP contribution in [0, 0.1) is 5.82 Å². The summed E-state index contributed by atoms with van der Waals surface area (Å²) in [4.78, 5) is 24.2. The lowest BCUT2D eigenvalue weighted by molar-refractivity contribution is -0.113. The van der Waals surface area contributed by atoms with Gasteiger partial charge in [-0.05, 0) is 36.4 Å². The number of methoxy groups -OCH3 is 1. The third kappa shape index (κ3) is 4.33. The quantitative estimate of drug-likeness (QED) is 0.678. The van der Waals surface area contributed by atoms with Gasteiger partial charge in [0.05, 0.1) is 18.4 Å². The molecule has 0 saturated carbocycles. The van der Waals surface area contributed by atoms with Gasteiger partial charge >= 0.3 is 5.97 Å². The van der Waals surface area contributed by atoms with Crippen LogP contribution in [-0.4, -0.2) is 24.7 Å². The van der Waals surface area contributed by atoms with Gasteiger partial charge in [-0.3, -0.25) is 4.79 Å². The summed E-state index contributed by atoms with van der Waals surface area (Å²) < 4.78 is 17.5. The molecular formula is C16H14FNO3S. The number of rotatable bonds is 5. The number of esters is 1. The highest BCUT2D eigenvalue weighted by atomic mass is 32.2. The van der Waals surface area contributed by atoms with Crippen molar-refractivity contribution in [2.24, 2.45) is 0 Å². The Labute approximate surface area is 131 Å². The minimum atomic E-state index is -0.443. The molecule has 114 valence electrons. The standard InChI is InChI=1S/C16H14FNO3S/c1-21-16(20)13-4-2-3-5-14(13)22-10-15(19)18-12-8-6-11(17)7-9-12/h2-9H,10H2,1H3,(H,18,19). The number of amides is 1. The highest BCUT2D eigenvalue weighted by Crippen LogP contribution is 2.23. The first-order chi connectivity index (χ1) is 10.6. The normalized spacial score (nSPS) is 10.1. The predicted octanol–water partition coefficient (Wildman–Crippen LogP) is 3.34. The largest absolute Gasteiger partial charge is 0.465 e. The molecule has 0 aliphatic carbocycles. The van der Waals surface area contributed by atoms with Crippen molar-refractivity contribution in [2.75, 3.05) is 18.2 Å². The average Bonchev–Trinajstić information content (AvgIpc) is 2.54. The number of hydrogen-bond donors (Lipinski definition) is 1. The molecule has 1 amide bonds. The first-order valence-electron chi connectivity index (χ1n) is 6.45. The minimum Gasteiger partial charge on any atom is -0.465 e. The van der Waals surface area contributed by atoms with E-state index in [1.807, 2.05) is 0 Å². The fraction of sp³-hybridized carbons (Fsp3) is 0.125. The van der Waals surface area contributed by atoms with E-state index in [1.54, 1.807) is 24.3 Å². The molecule has 1 N–H and O–H groups in total. The van der Waals surface area contributed by atoms with E-state index in [2.05, 4.69) is 5.32 Å². The zero-order valence-electron chi connectivity index (χ0n) is 11.8. The van der Waals surface area contributed by atoms with Crippen LogP contribution < -0.4 is 5.32 Å². The average molecular weight is 319 g/mol. The molecule has 2 rings (SSSR count). The Morgan fingerprint density at radius 2 is 1.82 bits per heavy atom. The van der Waals surface area contributed by atoms with E-state index in [0.29, 0.717) is 16.1 Å². The van der Waals surface area contributed by atoms with Crippen molar-refractivity contribution in [2.45, 2.75) is 4.90 Å². The fourth-order valence-corrected chi connectivity index (χ4v) is 2.59. The van der Waals surface area contributed by atoms with E-state index in [0.717, 1.165) is 0 Å². The zero-order chi connectivity index (χ0) is 15.9. The van der Waals surface area contributed by atoms with Crippen LogP contribution in [0.2, 0.25) is 0 Å². The van der Waals surface area contributed by atoms with Crippen molar-refractivity contribution >= 4 is 29.3 Å². The first-order valence-corrected chi connectivity index (χ1v) is 7.44. The van der Waals surface area contributed by atoms with Gasteiger partial charge in [0.2, 0.25) is 5.91 Å². The van der Waals surface area contributed by atoms with Crippen molar-refractivity contribution < 1.29 is 18.7 Å². The van der Waals surface area contributed by atoms with Crippen molar-refractivity contribution in [3.05, 3.63) is 59.9 Å². The third-order valence-corrected chi connectivity index (χ3v) is 3.85. The third-order valence-electron chi connectivity index (χ3n) is 2.78. The SMILES string of the molecule is COC(=O)c1ccccc1SCC(=O)Nc1ccc(F)cc1. The summed E-state index contributed by atoms with van der Waals surface area (Å²) in [5.41, 5.74) is 0.942. The van der Waals surface area contributed by atoms with Gasteiger partial charge in [-0.15, -0.1) is 11.8 Å². The Kier molecular flexibility index (Phi) is 5.55. The summed E-state index contributed by atoms with van der Waals surface area (Å²) in [5, 5.41) is 2.66. The maximum absolute atomic E-state index is 12.8. The van der Waals surface area contributed by atoms with Gasteiger partial charge in [-0.25, -0.2) is 9.18 Å². The lowest BCUT2D eigenvalue weighted by Gasteiger charge is -2.08. The summed E-state index contributed by atoms with van der Waals surface area (Å²) in [6.45, 7) is 0. The topological polar surface area (TPSA) is 55.4 Å². The minimum absolute atomic E-state index is 0.130. The predicted molar refractivity (Wildman–Crippen MR) is 83.5 cm³/mol. The van der Waals surface area contributed by atoms with Crippen molar-refractivity contribution in [1.82, 2.24) is 0 Å². The van der Waals surface area contributed by atoms with E-state index in [4.69, 9.17) is 4.74 Å². The number of thioether (sulfide) groups is 1. The van der Waals surface area contributed by atoms with E-state index in [9.17, 15) is 14.0 Å². The van der Waals surface area contributed by atoms with Crippen LogP contribution in [0.4, 0.5) is 10.1 Å². The summed E-state index contributed by atoms with van der Waals surface area (Å²) in [5.74, 6) is -0.913. The monoisotopic (exact) mass is 319 g/mol. The number of halogens is 1. The Bertz CT molecular complexity index is 673. The molecule has 22 heavy (non-hydrogen) atoms. The zero-order valence-corrected chi connectivity index (χ0v) is 12.7. The van der Waals surface area contributed by atoms with Crippen LogP contribution in [0.5, 0.6) is 0 Å². The van der Waals surface area contributed by atoms with Gasteiger partial charge in [-0.1, -0.05) is 12.1 Å². The molecule has 4 nitrogen and oxygen atoms in total. The van der Waals surface area contributed by atoms with Crippen molar-refractivity contribution in [1.29, 1.82) is 0 Å². The van der Waals surface area contributed by atoms with E-state index in [1.165, 1.54) is 43.1 Å². The Hall–Kier alpha value is -2.34. The Morgan fingerprint density at radius 1 is 1.14 bits per heavy atom. The number of carbonyl (C=O) groups excluding carboxylic acids is 2. The van der Waals surface area contributed by atoms with Gasteiger partial charge in [0, 0.05) is 10.6 Å². The highest BCUT2D eigenvalue weighted by Gasteiger charge is 2.12. The van der Waals surface area contributed by atoms with E-state index in [-0.39, 0.29) is 17.5 Å². The maximum atomic E-state index is 12.8. The van der Waals surface area contributed by atoms with Gasteiger partial charge in [-0.2, -0.15) is 0 Å². The number of anilines is 1. The first kappa shape index (κ1) is 16.0. The number of ether oxygens (including phenoxy) is 1. The molecule has 6 heteroatoms. The molecule has 0 aromatic heterocycles. The van der Waals surface area contributed by atoms with Gasteiger partial charge in [0.1, 0.15) is 5.82 Å². The maximum Gasteiger partial charge on any atom is 0.338 e. The van der Waals surface area contributed by atoms with Gasteiger partial charge in [0.15, 0.2) is 0 Å². The number of nitrogens with one attached hydrogen (secondary N) is 1. The van der Waals surface area contributed by atoms with Crippen LogP contribution in [0.1, 0.15) is 10.4 Å². The summed E-state index contributed by atoms with van der Waals surface area (Å²) >= 11 is 1.23. The van der Waals surface area contributed by atoms with Crippen LogP contribution in [0.3, 0.4) is 0 Å². The highest BCUT2D eigenvalue weighted by molar-refractivity contribution is 8.00. The molecule has 0 heterocycles. The molecule has 0 fully saturated rings. The molecule has 0 aliphatic rings. The second-order valence-electron chi connectivity index (χ2n) is 4.33. The Morgan fingerprint density at radius 3 is 2.50 bits per heavy atom. The lowest BCUT2D eigenvalue weighted by Crippen LogP contribution is -2.14. The molecular weight excluding hydrogens is 305 g/mol. The summed E-state index contributed by atoms with van der Waals surface area (Å²) in [6, 6.07) is 12.4. The van der Waals surface area contributed by atoms with E-state index >= 15 is 0 Å². The molecule has 2 aromatic carbocycles. The van der Waals surface area contributed by atoms with E-state index < -0.39 is 5.97 Å². The molecule has 2 aromatic rings. The van der Waals surface area contributed by atoms with Crippen LogP contribution in [0.15, 0.2) is 53.4 Å². The molecule has 0 aliphatic heterocycles. The van der Waals surface area contributed by atoms with Crippen LogP contribution in [-0.2, 0) is 9.53 Å². The van der Waals surface area contributed by atoms with Crippen molar-refractivity contribution in [3.63, 3.8) is 0 Å². The lowest BCUT2D eigenvalue weighted by atomic mass is 10.2. The number of benzene rings is 2. The summed E-state index contributed by atoms with van der Waals surface area (Å²) in [6.07, 6.45) is 0. The van der Waals surface area contributed by atoms with Gasteiger partial charge in [0.25, 0.3) is 0 Å². The second kappa shape index (κ2) is 7.61. The molecule has 0 saturated heterocycles. The number of hydrogen-bond acceptors (Lipinski definition) is 4. The number of carbonyl (C=O) groups is 2. The summed E-state index contributed by atoms with van der Waals surface area (Å²) in [7, 11) is 1.31. The molecule has 0 bridgehead atoms. The van der Waals surface area contributed by atoms with Gasteiger partial charge < -0.3 is 10.1 Å². The van der Waals surface area contributed by atoms with Crippen LogP contribution >= 0.6 is 11.8 Å². The van der Waals surface area contributed by atoms with Crippen molar-refractivity contribution in [3.8, 4) is 0 Å². The molecule has 0 radical (unpaired) electrons. The molecule has 0 atom stereocenters. The molecule has 0 unspecified atom stereocenters. The van der Waals surface area contributed by atoms with Crippen LogP contribution in [0.25, 0.3) is 0 Å². The Balaban J connectivity index is 1.96. The molecule has 0 spiro atoms. The fourth-order valence-electron chi connectivity index (χ4n) is 1.74.